The first kappa shape index (κ1) is 14.4. The first-order valence-electron chi connectivity index (χ1n) is 7.17. The van der Waals surface area contributed by atoms with E-state index in [1.807, 2.05) is 0 Å². The van der Waals surface area contributed by atoms with Crippen molar-refractivity contribution >= 4 is 0 Å². The van der Waals surface area contributed by atoms with Crippen molar-refractivity contribution in [3.05, 3.63) is 29.8 Å². The molecule has 19 heavy (non-hydrogen) atoms. The Morgan fingerprint density at radius 1 is 1.42 bits per heavy atom. The standard InChI is InChI=1S/C15H24FN3/c1-11(2)10-19(13-4-5-13)8-7-14(17)15-6-3-12(16)9-18-15/h3,6,9,11,13-14H,4-5,7-8,10,17H2,1-2H3. The quantitative estimate of drug-likeness (QED) is 0.824. The van der Waals surface area contributed by atoms with Crippen molar-refractivity contribution in [2.75, 3.05) is 13.1 Å². The van der Waals surface area contributed by atoms with E-state index in [4.69, 9.17) is 5.73 Å². The van der Waals surface area contributed by atoms with Crippen LogP contribution < -0.4 is 5.73 Å². The molecule has 106 valence electrons. The van der Waals surface area contributed by atoms with Crippen molar-refractivity contribution in [1.29, 1.82) is 0 Å². The molecule has 0 bridgehead atoms. The molecule has 1 aliphatic rings. The number of pyridine rings is 1. The van der Waals surface area contributed by atoms with Gasteiger partial charge in [0.2, 0.25) is 0 Å². The lowest BCUT2D eigenvalue weighted by molar-refractivity contribution is 0.226. The summed E-state index contributed by atoms with van der Waals surface area (Å²) >= 11 is 0. The van der Waals surface area contributed by atoms with Gasteiger partial charge in [0.05, 0.1) is 11.9 Å². The van der Waals surface area contributed by atoms with E-state index in [1.165, 1.54) is 25.1 Å². The third kappa shape index (κ3) is 4.55. The average molecular weight is 265 g/mol. The normalized spacial score (nSPS) is 17.2. The SMILES string of the molecule is CC(C)CN(CCC(N)c1ccc(F)cn1)C1CC1. The van der Waals surface area contributed by atoms with Crippen LogP contribution in [-0.4, -0.2) is 29.0 Å². The number of nitrogens with zero attached hydrogens (tertiary/aromatic N) is 2. The van der Waals surface area contributed by atoms with Gasteiger partial charge in [-0.15, -0.1) is 0 Å². The van der Waals surface area contributed by atoms with E-state index in [9.17, 15) is 4.39 Å². The number of aromatic nitrogens is 1. The fourth-order valence-corrected chi connectivity index (χ4v) is 2.39. The van der Waals surface area contributed by atoms with Crippen molar-refractivity contribution in [1.82, 2.24) is 9.88 Å². The van der Waals surface area contributed by atoms with Gasteiger partial charge in [-0.05, 0) is 37.3 Å². The minimum atomic E-state index is -0.310. The van der Waals surface area contributed by atoms with Gasteiger partial charge in [0, 0.05) is 25.2 Å². The lowest BCUT2D eigenvalue weighted by Gasteiger charge is -2.25. The third-order valence-corrected chi connectivity index (χ3v) is 3.52. The Labute approximate surface area is 115 Å². The Morgan fingerprint density at radius 3 is 2.68 bits per heavy atom. The van der Waals surface area contributed by atoms with Gasteiger partial charge in [-0.25, -0.2) is 4.39 Å². The molecule has 3 nitrogen and oxygen atoms in total. The summed E-state index contributed by atoms with van der Waals surface area (Å²) in [7, 11) is 0. The molecule has 1 fully saturated rings. The van der Waals surface area contributed by atoms with Crippen LogP contribution in [0.4, 0.5) is 4.39 Å². The molecule has 1 heterocycles. The molecular formula is C15H24FN3. The summed E-state index contributed by atoms with van der Waals surface area (Å²) in [5, 5.41) is 0. The minimum Gasteiger partial charge on any atom is -0.323 e. The number of halogens is 1. The Kier molecular flexibility index (Phi) is 4.88. The van der Waals surface area contributed by atoms with Gasteiger partial charge in [0.25, 0.3) is 0 Å². The molecule has 1 saturated carbocycles. The molecule has 4 heteroatoms. The van der Waals surface area contributed by atoms with E-state index in [0.29, 0.717) is 5.92 Å². The van der Waals surface area contributed by atoms with Crippen LogP contribution in [0.5, 0.6) is 0 Å². The third-order valence-electron chi connectivity index (χ3n) is 3.52. The fraction of sp³-hybridized carbons (Fsp3) is 0.667. The molecule has 0 aliphatic heterocycles. The molecule has 1 atom stereocenters. The second kappa shape index (κ2) is 6.44. The van der Waals surface area contributed by atoms with Gasteiger partial charge >= 0.3 is 0 Å². The molecule has 0 amide bonds. The summed E-state index contributed by atoms with van der Waals surface area (Å²) < 4.78 is 12.8. The molecule has 0 radical (unpaired) electrons. The molecular weight excluding hydrogens is 241 g/mol. The Bertz CT molecular complexity index is 387. The predicted molar refractivity (Wildman–Crippen MR) is 75.2 cm³/mol. The maximum absolute atomic E-state index is 12.8. The zero-order valence-corrected chi connectivity index (χ0v) is 11.8. The molecule has 1 aromatic heterocycles. The summed E-state index contributed by atoms with van der Waals surface area (Å²) in [4.78, 5) is 6.59. The molecule has 0 spiro atoms. The van der Waals surface area contributed by atoms with Gasteiger partial charge in [-0.3, -0.25) is 4.98 Å². The molecule has 1 aliphatic carbocycles. The highest BCUT2D eigenvalue weighted by Gasteiger charge is 2.29. The number of nitrogens with two attached hydrogens (primary N) is 1. The van der Waals surface area contributed by atoms with Crippen molar-refractivity contribution < 1.29 is 4.39 Å². The van der Waals surface area contributed by atoms with Crippen LogP contribution in [0.3, 0.4) is 0 Å². The van der Waals surface area contributed by atoms with Crippen LogP contribution >= 0.6 is 0 Å². The molecule has 2 rings (SSSR count). The Hall–Kier alpha value is -1.00. The van der Waals surface area contributed by atoms with Gasteiger partial charge in [-0.1, -0.05) is 13.8 Å². The first-order valence-corrected chi connectivity index (χ1v) is 7.17. The van der Waals surface area contributed by atoms with Crippen LogP contribution in [0.2, 0.25) is 0 Å². The van der Waals surface area contributed by atoms with Crippen LogP contribution in [0, 0.1) is 11.7 Å². The summed E-state index contributed by atoms with van der Waals surface area (Å²) in [6.45, 7) is 6.63. The summed E-state index contributed by atoms with van der Waals surface area (Å²) in [6, 6.07) is 3.77. The van der Waals surface area contributed by atoms with E-state index in [0.717, 1.165) is 31.2 Å². The average Bonchev–Trinajstić information content (AvgIpc) is 3.18. The van der Waals surface area contributed by atoms with Crippen LogP contribution in [0.1, 0.15) is 44.8 Å². The topological polar surface area (TPSA) is 42.1 Å². The van der Waals surface area contributed by atoms with Crippen molar-refractivity contribution in [3.63, 3.8) is 0 Å². The zero-order chi connectivity index (χ0) is 13.8. The second-order valence-electron chi connectivity index (χ2n) is 5.92. The second-order valence-corrected chi connectivity index (χ2v) is 5.92. The van der Waals surface area contributed by atoms with Crippen LogP contribution in [-0.2, 0) is 0 Å². The van der Waals surface area contributed by atoms with Gasteiger partial charge in [0.1, 0.15) is 5.82 Å². The lowest BCUT2D eigenvalue weighted by Crippen LogP contribution is -2.32. The Morgan fingerprint density at radius 2 is 2.16 bits per heavy atom. The maximum Gasteiger partial charge on any atom is 0.141 e. The van der Waals surface area contributed by atoms with E-state index in [2.05, 4.69) is 23.7 Å². The van der Waals surface area contributed by atoms with Crippen LogP contribution in [0.25, 0.3) is 0 Å². The molecule has 0 aromatic carbocycles. The summed E-state index contributed by atoms with van der Waals surface area (Å²) in [6.07, 6.45) is 4.75. The predicted octanol–water partition coefficient (Wildman–Crippen LogP) is 2.73. The van der Waals surface area contributed by atoms with E-state index >= 15 is 0 Å². The van der Waals surface area contributed by atoms with Crippen molar-refractivity contribution in [3.8, 4) is 0 Å². The molecule has 0 saturated heterocycles. The zero-order valence-electron chi connectivity index (χ0n) is 11.8. The highest BCUT2D eigenvalue weighted by molar-refractivity contribution is 5.09. The largest absolute Gasteiger partial charge is 0.323 e. The van der Waals surface area contributed by atoms with Crippen molar-refractivity contribution in [2.45, 2.75) is 45.2 Å². The van der Waals surface area contributed by atoms with Gasteiger partial charge in [0.15, 0.2) is 0 Å². The smallest absolute Gasteiger partial charge is 0.141 e. The first-order chi connectivity index (χ1) is 9.06. The Balaban J connectivity index is 1.84. The highest BCUT2D eigenvalue weighted by atomic mass is 19.1. The van der Waals surface area contributed by atoms with Crippen LogP contribution in [0.15, 0.2) is 18.3 Å². The fourth-order valence-electron chi connectivity index (χ4n) is 2.39. The van der Waals surface area contributed by atoms with Gasteiger partial charge < -0.3 is 10.6 Å². The number of rotatable bonds is 7. The lowest BCUT2D eigenvalue weighted by atomic mass is 10.1. The molecule has 1 unspecified atom stereocenters. The van der Waals surface area contributed by atoms with E-state index in [1.54, 1.807) is 6.07 Å². The van der Waals surface area contributed by atoms with Crippen molar-refractivity contribution in [2.24, 2.45) is 11.7 Å². The van der Waals surface area contributed by atoms with E-state index in [-0.39, 0.29) is 11.9 Å². The van der Waals surface area contributed by atoms with Gasteiger partial charge in [-0.2, -0.15) is 0 Å². The minimum absolute atomic E-state index is 0.103. The summed E-state index contributed by atoms with van der Waals surface area (Å²) in [5.41, 5.74) is 6.91. The monoisotopic (exact) mass is 265 g/mol. The number of hydrogen-bond acceptors (Lipinski definition) is 3. The molecule has 1 aromatic rings. The van der Waals surface area contributed by atoms with E-state index < -0.39 is 0 Å². The maximum atomic E-state index is 12.8. The summed E-state index contributed by atoms with van der Waals surface area (Å²) in [5.74, 6) is 0.371. The highest BCUT2D eigenvalue weighted by Crippen LogP contribution is 2.28. The number of hydrogen-bond donors (Lipinski definition) is 1. The molecule has 2 N–H and O–H groups in total.